The van der Waals surface area contributed by atoms with Crippen molar-refractivity contribution in [1.82, 2.24) is 5.32 Å². The maximum Gasteiger partial charge on any atom is 0.325 e. The zero-order chi connectivity index (χ0) is 10.7. The van der Waals surface area contributed by atoms with Gasteiger partial charge in [0.25, 0.3) is 5.91 Å². The minimum atomic E-state index is -1.05. The second-order valence-corrected chi connectivity index (χ2v) is 4.49. The maximum atomic E-state index is 11.4. The number of rotatable bonds is 3. The summed E-state index contributed by atoms with van der Waals surface area (Å²) in [5.74, 6) is -1.41. The number of carbonyl (C=O) groups excluding carboxylic acids is 1. The van der Waals surface area contributed by atoms with Crippen molar-refractivity contribution in [2.45, 2.75) is 13.0 Å². The van der Waals surface area contributed by atoms with Crippen LogP contribution in [0.3, 0.4) is 0 Å². The fourth-order valence-electron chi connectivity index (χ4n) is 0.762. The van der Waals surface area contributed by atoms with Gasteiger partial charge in [-0.2, -0.15) is 0 Å². The van der Waals surface area contributed by atoms with Crippen molar-refractivity contribution >= 4 is 39.1 Å². The highest BCUT2D eigenvalue weighted by atomic mass is 79.9. The topological polar surface area (TPSA) is 66.4 Å². The first-order valence-corrected chi connectivity index (χ1v) is 5.45. The van der Waals surface area contributed by atoms with Crippen molar-refractivity contribution in [3.8, 4) is 0 Å². The fraction of sp³-hybridized carbons (Fsp3) is 0.250. The normalized spacial score (nSPS) is 12.1. The van der Waals surface area contributed by atoms with E-state index in [-0.39, 0.29) is 5.91 Å². The molecule has 1 amide bonds. The molecular formula is C8H8BrNO3S. The van der Waals surface area contributed by atoms with E-state index in [1.807, 2.05) is 0 Å². The average molecular weight is 278 g/mol. The molecule has 1 rings (SSSR count). The molecule has 2 N–H and O–H groups in total. The quantitative estimate of drug-likeness (QED) is 0.884. The van der Waals surface area contributed by atoms with Gasteiger partial charge in [-0.15, -0.1) is 11.3 Å². The Hall–Kier alpha value is -0.880. The standard InChI is InChI=1S/C8H8BrNO3S/c1-4(8(12)13)10-7(11)6-2-5(9)3-14-6/h2-4H,1H3,(H,10,11)(H,12,13)/t4-/m0/s1. The SMILES string of the molecule is C[C@H](NC(=O)c1cc(Br)cs1)C(=O)O. The van der Waals surface area contributed by atoms with E-state index < -0.39 is 12.0 Å². The lowest BCUT2D eigenvalue weighted by Gasteiger charge is -2.06. The molecule has 76 valence electrons. The molecule has 1 aromatic heterocycles. The molecule has 0 aliphatic carbocycles. The van der Waals surface area contributed by atoms with Crippen molar-refractivity contribution < 1.29 is 14.7 Å². The summed E-state index contributed by atoms with van der Waals surface area (Å²) < 4.78 is 0.815. The second-order valence-electron chi connectivity index (χ2n) is 2.66. The Balaban J connectivity index is 2.63. The van der Waals surface area contributed by atoms with Crippen molar-refractivity contribution in [3.63, 3.8) is 0 Å². The van der Waals surface area contributed by atoms with Gasteiger partial charge in [-0.25, -0.2) is 0 Å². The van der Waals surface area contributed by atoms with Crippen molar-refractivity contribution in [2.75, 3.05) is 0 Å². The van der Waals surface area contributed by atoms with Crippen molar-refractivity contribution in [1.29, 1.82) is 0 Å². The van der Waals surface area contributed by atoms with Gasteiger partial charge in [-0.3, -0.25) is 9.59 Å². The van der Waals surface area contributed by atoms with E-state index in [2.05, 4.69) is 21.2 Å². The molecule has 6 heteroatoms. The van der Waals surface area contributed by atoms with Crippen LogP contribution >= 0.6 is 27.3 Å². The van der Waals surface area contributed by atoms with Gasteiger partial charge in [-0.1, -0.05) is 0 Å². The van der Waals surface area contributed by atoms with Gasteiger partial charge >= 0.3 is 5.97 Å². The Labute approximate surface area is 93.1 Å². The lowest BCUT2D eigenvalue weighted by molar-refractivity contribution is -0.138. The predicted molar refractivity (Wildman–Crippen MR) is 56.6 cm³/mol. The van der Waals surface area contributed by atoms with Crippen LogP contribution in [0.2, 0.25) is 0 Å². The number of carboxylic acid groups (broad SMARTS) is 1. The Morgan fingerprint density at radius 3 is 2.71 bits per heavy atom. The summed E-state index contributed by atoms with van der Waals surface area (Å²) in [5.41, 5.74) is 0. The highest BCUT2D eigenvalue weighted by Gasteiger charge is 2.16. The molecule has 0 bridgehead atoms. The molecule has 0 unspecified atom stereocenters. The van der Waals surface area contributed by atoms with E-state index in [0.717, 1.165) is 4.47 Å². The van der Waals surface area contributed by atoms with Crippen LogP contribution < -0.4 is 5.32 Å². The number of hydrogen-bond donors (Lipinski definition) is 2. The summed E-state index contributed by atoms with van der Waals surface area (Å²) >= 11 is 4.47. The van der Waals surface area contributed by atoms with E-state index in [1.165, 1.54) is 18.3 Å². The molecule has 0 fully saturated rings. The van der Waals surface area contributed by atoms with Gasteiger partial charge in [0.2, 0.25) is 0 Å². The first kappa shape index (κ1) is 11.2. The summed E-state index contributed by atoms with van der Waals surface area (Å²) in [6, 6.07) is 0.776. The molecule has 4 nitrogen and oxygen atoms in total. The average Bonchev–Trinajstić information content (AvgIpc) is 2.51. The number of carbonyl (C=O) groups is 2. The summed E-state index contributed by atoms with van der Waals surface area (Å²) in [7, 11) is 0. The highest BCUT2D eigenvalue weighted by molar-refractivity contribution is 9.10. The summed E-state index contributed by atoms with van der Waals surface area (Å²) in [5, 5.41) is 12.7. The molecule has 0 aromatic carbocycles. The van der Waals surface area contributed by atoms with E-state index in [1.54, 1.807) is 11.4 Å². The van der Waals surface area contributed by atoms with E-state index >= 15 is 0 Å². The van der Waals surface area contributed by atoms with Crippen LogP contribution in [0.1, 0.15) is 16.6 Å². The van der Waals surface area contributed by atoms with Gasteiger partial charge in [0, 0.05) is 9.85 Å². The number of aliphatic carboxylic acids is 1. The fourth-order valence-corrected chi connectivity index (χ4v) is 2.09. The molecule has 0 aliphatic rings. The monoisotopic (exact) mass is 277 g/mol. The van der Waals surface area contributed by atoms with Crippen LogP contribution in [-0.2, 0) is 4.79 Å². The van der Waals surface area contributed by atoms with Crippen molar-refractivity contribution in [2.24, 2.45) is 0 Å². The number of amides is 1. The number of carboxylic acids is 1. The third-order valence-corrected chi connectivity index (χ3v) is 3.20. The van der Waals surface area contributed by atoms with Gasteiger partial charge in [0.1, 0.15) is 6.04 Å². The molecule has 1 heterocycles. The third kappa shape index (κ3) is 2.81. The molecule has 0 spiro atoms. The Morgan fingerprint density at radius 2 is 2.29 bits per heavy atom. The zero-order valence-electron chi connectivity index (χ0n) is 7.28. The van der Waals surface area contributed by atoms with Crippen LogP contribution in [0.25, 0.3) is 0 Å². The lowest BCUT2D eigenvalue weighted by atomic mass is 10.3. The molecule has 0 saturated carbocycles. The van der Waals surface area contributed by atoms with E-state index in [9.17, 15) is 9.59 Å². The smallest absolute Gasteiger partial charge is 0.325 e. The number of thiophene rings is 1. The Morgan fingerprint density at radius 1 is 1.64 bits per heavy atom. The summed E-state index contributed by atoms with van der Waals surface area (Å²) in [6.45, 7) is 1.42. The zero-order valence-corrected chi connectivity index (χ0v) is 9.68. The molecule has 0 saturated heterocycles. The summed E-state index contributed by atoms with van der Waals surface area (Å²) in [6.07, 6.45) is 0. The molecule has 0 aliphatic heterocycles. The van der Waals surface area contributed by atoms with E-state index in [4.69, 9.17) is 5.11 Å². The van der Waals surface area contributed by atoms with Crippen LogP contribution in [0.15, 0.2) is 15.9 Å². The number of hydrogen-bond acceptors (Lipinski definition) is 3. The van der Waals surface area contributed by atoms with Gasteiger partial charge in [0.05, 0.1) is 4.88 Å². The van der Waals surface area contributed by atoms with Gasteiger partial charge < -0.3 is 10.4 Å². The van der Waals surface area contributed by atoms with Gasteiger partial charge in [0.15, 0.2) is 0 Å². The Kier molecular flexibility index (Phi) is 3.65. The first-order chi connectivity index (χ1) is 6.50. The molecule has 14 heavy (non-hydrogen) atoms. The van der Waals surface area contributed by atoms with Gasteiger partial charge in [-0.05, 0) is 28.9 Å². The number of nitrogens with one attached hydrogen (secondary N) is 1. The second kappa shape index (κ2) is 4.56. The molecule has 1 atom stereocenters. The maximum absolute atomic E-state index is 11.4. The van der Waals surface area contributed by atoms with Crippen LogP contribution in [0.4, 0.5) is 0 Å². The summed E-state index contributed by atoms with van der Waals surface area (Å²) in [4.78, 5) is 22.3. The first-order valence-electron chi connectivity index (χ1n) is 3.78. The Bertz CT molecular complexity index is 363. The van der Waals surface area contributed by atoms with Crippen LogP contribution in [-0.4, -0.2) is 23.0 Å². The lowest BCUT2D eigenvalue weighted by Crippen LogP contribution is -2.37. The van der Waals surface area contributed by atoms with Crippen LogP contribution in [0, 0.1) is 0 Å². The molecule has 0 radical (unpaired) electrons. The highest BCUT2D eigenvalue weighted by Crippen LogP contribution is 2.19. The molecule has 1 aromatic rings. The minimum absolute atomic E-state index is 0.365. The predicted octanol–water partition coefficient (Wildman–Crippen LogP) is 1.71. The largest absolute Gasteiger partial charge is 0.480 e. The van der Waals surface area contributed by atoms with E-state index in [0.29, 0.717) is 4.88 Å². The van der Waals surface area contributed by atoms with Crippen molar-refractivity contribution in [3.05, 3.63) is 20.8 Å². The minimum Gasteiger partial charge on any atom is -0.480 e. The number of halogens is 1. The van der Waals surface area contributed by atoms with Crippen LogP contribution in [0.5, 0.6) is 0 Å². The molecular weight excluding hydrogens is 270 g/mol. The third-order valence-electron chi connectivity index (χ3n) is 1.51.